The standard InChI is InChI=1S/C19H22N6O2S/c1-6-7-14(17-12(2)22-27-23-17)25(5)11-21-18-15(10-26)28-19-16(18)13(24(3)4)8-9-20-19/h6-11,17,23H,1H2,2-5H3/b14-7+,21-11?. The van der Waals surface area contributed by atoms with Crippen LogP contribution in [0, 0.1) is 0 Å². The van der Waals surface area contributed by atoms with Crippen molar-refractivity contribution in [3.8, 4) is 0 Å². The summed E-state index contributed by atoms with van der Waals surface area (Å²) in [5, 5.41) is 4.77. The van der Waals surface area contributed by atoms with Crippen molar-refractivity contribution < 1.29 is 9.73 Å². The van der Waals surface area contributed by atoms with Gasteiger partial charge in [0, 0.05) is 33.0 Å². The number of likely N-dealkylation sites (N-methyl/N-ethyl adjacent to an activating group) is 1. The van der Waals surface area contributed by atoms with E-state index in [0.717, 1.165) is 33.6 Å². The van der Waals surface area contributed by atoms with Crippen LogP contribution in [0.25, 0.3) is 10.2 Å². The minimum Gasteiger partial charge on any atom is -0.377 e. The molecule has 3 rings (SSSR count). The van der Waals surface area contributed by atoms with Gasteiger partial charge in [0.1, 0.15) is 10.9 Å². The molecule has 28 heavy (non-hydrogen) atoms. The van der Waals surface area contributed by atoms with Crippen LogP contribution in [0.3, 0.4) is 0 Å². The van der Waals surface area contributed by atoms with Crippen molar-refractivity contribution in [2.75, 3.05) is 26.0 Å². The molecule has 0 amide bonds. The Labute approximate surface area is 167 Å². The van der Waals surface area contributed by atoms with Crippen LogP contribution in [0.1, 0.15) is 16.6 Å². The fourth-order valence-electron chi connectivity index (χ4n) is 2.90. The highest BCUT2D eigenvalue weighted by atomic mass is 32.1. The first kappa shape index (κ1) is 19.7. The number of nitrogens with one attached hydrogen (secondary N) is 1. The van der Waals surface area contributed by atoms with E-state index < -0.39 is 0 Å². The highest BCUT2D eigenvalue weighted by molar-refractivity contribution is 7.21. The maximum absolute atomic E-state index is 11.6. The number of nitrogens with zero attached hydrogens (tertiary/aromatic N) is 5. The quantitative estimate of drug-likeness (QED) is 0.334. The number of oxime groups is 1. The second-order valence-electron chi connectivity index (χ2n) is 6.39. The summed E-state index contributed by atoms with van der Waals surface area (Å²) in [5.41, 5.74) is 6.07. The Morgan fingerprint density at radius 3 is 2.82 bits per heavy atom. The Bertz CT molecular complexity index is 992. The van der Waals surface area contributed by atoms with Gasteiger partial charge >= 0.3 is 0 Å². The Kier molecular flexibility index (Phi) is 5.86. The average Bonchev–Trinajstić information content (AvgIpc) is 3.26. The first-order valence-electron chi connectivity index (χ1n) is 8.57. The number of carbonyl (C=O) groups excluding carboxylic acids is 1. The van der Waals surface area contributed by atoms with Crippen molar-refractivity contribution in [1.82, 2.24) is 15.4 Å². The number of aliphatic imine (C=N–C) groups is 1. The van der Waals surface area contributed by atoms with Gasteiger partial charge in [-0.1, -0.05) is 17.8 Å². The second-order valence-corrected chi connectivity index (χ2v) is 7.43. The molecule has 146 valence electrons. The van der Waals surface area contributed by atoms with E-state index in [1.807, 2.05) is 50.0 Å². The van der Waals surface area contributed by atoms with Crippen molar-refractivity contribution in [3.05, 3.63) is 41.6 Å². The van der Waals surface area contributed by atoms with Gasteiger partial charge in [0.15, 0.2) is 6.29 Å². The van der Waals surface area contributed by atoms with E-state index in [2.05, 4.69) is 27.2 Å². The largest absolute Gasteiger partial charge is 0.377 e. The van der Waals surface area contributed by atoms with Crippen molar-refractivity contribution in [1.29, 1.82) is 0 Å². The topological polar surface area (TPSA) is 82.4 Å². The summed E-state index contributed by atoms with van der Waals surface area (Å²) in [6, 6.07) is 1.70. The third-order valence-electron chi connectivity index (χ3n) is 4.29. The highest BCUT2D eigenvalue weighted by Gasteiger charge is 2.25. The molecule has 1 aliphatic rings. The van der Waals surface area contributed by atoms with Crippen LogP contribution in [-0.4, -0.2) is 55.4 Å². The van der Waals surface area contributed by atoms with Gasteiger partial charge in [-0.15, -0.1) is 16.8 Å². The number of aldehydes is 1. The molecule has 0 fully saturated rings. The molecule has 0 aliphatic carbocycles. The van der Waals surface area contributed by atoms with Crippen molar-refractivity contribution >= 4 is 51.3 Å². The summed E-state index contributed by atoms with van der Waals surface area (Å²) in [4.78, 5) is 30.8. The molecule has 2 aromatic rings. The number of rotatable bonds is 7. The lowest BCUT2D eigenvalue weighted by molar-refractivity contribution is 0.0630. The number of thiophene rings is 1. The summed E-state index contributed by atoms with van der Waals surface area (Å²) in [6.07, 6.45) is 7.78. The SMILES string of the molecule is C=C/C=C(\C1NON=C1C)N(C)C=Nc1c(C=O)sc2nccc(N(C)C)c12. The Morgan fingerprint density at radius 2 is 2.21 bits per heavy atom. The molecule has 1 N–H and O–H groups in total. The third kappa shape index (κ3) is 3.67. The maximum Gasteiger partial charge on any atom is 0.162 e. The van der Waals surface area contributed by atoms with Crippen LogP contribution in [0.2, 0.25) is 0 Å². The number of carbonyl (C=O) groups is 1. The first-order chi connectivity index (χ1) is 13.5. The number of anilines is 1. The summed E-state index contributed by atoms with van der Waals surface area (Å²) in [6.45, 7) is 5.65. The smallest absolute Gasteiger partial charge is 0.162 e. The molecule has 0 bridgehead atoms. The number of hydrogen-bond donors (Lipinski definition) is 1. The number of allylic oxidation sites excluding steroid dienone is 2. The molecule has 0 aromatic carbocycles. The predicted molar refractivity (Wildman–Crippen MR) is 115 cm³/mol. The van der Waals surface area contributed by atoms with Crippen molar-refractivity contribution in [2.45, 2.75) is 13.0 Å². The Hall–Kier alpha value is -3.04. The van der Waals surface area contributed by atoms with Crippen LogP contribution in [0.15, 0.2) is 46.8 Å². The summed E-state index contributed by atoms with van der Waals surface area (Å²) < 4.78 is 0. The first-order valence-corrected chi connectivity index (χ1v) is 9.39. The van der Waals surface area contributed by atoms with E-state index in [-0.39, 0.29) is 6.04 Å². The van der Waals surface area contributed by atoms with Crippen LogP contribution in [0.4, 0.5) is 11.4 Å². The van der Waals surface area contributed by atoms with E-state index in [9.17, 15) is 4.79 Å². The van der Waals surface area contributed by atoms with Gasteiger partial charge in [-0.2, -0.15) is 0 Å². The highest BCUT2D eigenvalue weighted by Crippen LogP contribution is 2.40. The Balaban J connectivity index is 2.02. The van der Waals surface area contributed by atoms with Gasteiger partial charge in [0.25, 0.3) is 0 Å². The number of aromatic nitrogens is 1. The number of fused-ring (bicyclic) bond motifs is 1. The molecule has 3 heterocycles. The molecule has 0 spiro atoms. The minimum absolute atomic E-state index is 0.210. The normalized spacial score (nSPS) is 16.9. The van der Waals surface area contributed by atoms with E-state index >= 15 is 0 Å². The summed E-state index contributed by atoms with van der Waals surface area (Å²) >= 11 is 1.33. The van der Waals surface area contributed by atoms with Crippen molar-refractivity contribution in [3.63, 3.8) is 0 Å². The molecular formula is C19H22N6O2S. The lowest BCUT2D eigenvalue weighted by atomic mass is 10.1. The lowest BCUT2D eigenvalue weighted by Crippen LogP contribution is -2.37. The van der Waals surface area contributed by atoms with Crippen LogP contribution >= 0.6 is 11.3 Å². The molecular weight excluding hydrogens is 376 g/mol. The molecule has 0 saturated carbocycles. The number of hydroxylamine groups is 1. The predicted octanol–water partition coefficient (Wildman–Crippen LogP) is 3.12. The average molecular weight is 398 g/mol. The summed E-state index contributed by atoms with van der Waals surface area (Å²) in [7, 11) is 5.77. The van der Waals surface area contributed by atoms with E-state index in [4.69, 9.17) is 4.94 Å². The minimum atomic E-state index is -0.210. The van der Waals surface area contributed by atoms with Gasteiger partial charge in [-0.05, 0) is 19.1 Å². The molecule has 9 heteroatoms. The molecule has 2 aromatic heterocycles. The monoisotopic (exact) mass is 398 g/mol. The van der Waals surface area contributed by atoms with Gasteiger partial charge in [-0.25, -0.2) is 9.98 Å². The van der Waals surface area contributed by atoms with E-state index in [1.165, 1.54) is 11.3 Å². The van der Waals surface area contributed by atoms with Gasteiger partial charge in [0.05, 0.1) is 33.7 Å². The second kappa shape index (κ2) is 8.32. The Morgan fingerprint density at radius 1 is 1.43 bits per heavy atom. The molecule has 0 saturated heterocycles. The maximum atomic E-state index is 11.6. The van der Waals surface area contributed by atoms with Crippen molar-refractivity contribution in [2.24, 2.45) is 10.1 Å². The fourth-order valence-corrected chi connectivity index (χ4v) is 3.83. The van der Waals surface area contributed by atoms with Gasteiger partial charge in [-0.3, -0.25) is 9.73 Å². The lowest BCUT2D eigenvalue weighted by Gasteiger charge is -2.22. The van der Waals surface area contributed by atoms with Crippen LogP contribution in [-0.2, 0) is 4.94 Å². The molecule has 0 radical (unpaired) electrons. The number of pyridine rings is 1. The molecule has 8 nitrogen and oxygen atoms in total. The fraction of sp³-hybridized carbons (Fsp3) is 0.263. The molecule has 1 aliphatic heterocycles. The molecule has 1 unspecified atom stereocenters. The van der Waals surface area contributed by atoms with Crippen LogP contribution in [0.5, 0.6) is 0 Å². The van der Waals surface area contributed by atoms with Gasteiger partial charge in [0.2, 0.25) is 0 Å². The van der Waals surface area contributed by atoms with Crippen LogP contribution < -0.4 is 10.4 Å². The zero-order valence-corrected chi connectivity index (χ0v) is 17.0. The van der Waals surface area contributed by atoms with E-state index in [1.54, 1.807) is 18.6 Å². The third-order valence-corrected chi connectivity index (χ3v) is 5.30. The zero-order valence-electron chi connectivity index (χ0n) is 16.2. The van der Waals surface area contributed by atoms with Gasteiger partial charge < -0.3 is 9.80 Å². The number of hydrogen-bond acceptors (Lipinski definition) is 8. The molecule has 1 atom stereocenters. The summed E-state index contributed by atoms with van der Waals surface area (Å²) in [5.74, 6) is 0. The van der Waals surface area contributed by atoms with E-state index in [0.29, 0.717) is 10.6 Å². The zero-order chi connectivity index (χ0) is 20.3.